The summed E-state index contributed by atoms with van der Waals surface area (Å²) in [4.78, 5) is 43.9. The van der Waals surface area contributed by atoms with Crippen molar-refractivity contribution in [2.75, 3.05) is 23.8 Å². The average molecular weight is 628 g/mol. The first kappa shape index (κ1) is 31.5. The lowest BCUT2D eigenvalue weighted by Crippen LogP contribution is -2.30. The van der Waals surface area contributed by atoms with E-state index in [1.165, 1.54) is 28.7 Å². The number of nitrogens with zero attached hydrogens (tertiary/aromatic N) is 1. The van der Waals surface area contributed by atoms with Crippen LogP contribution >= 0.6 is 23.1 Å². The third kappa shape index (κ3) is 7.59. The van der Waals surface area contributed by atoms with Gasteiger partial charge in [0.15, 0.2) is 0 Å². The van der Waals surface area contributed by atoms with Gasteiger partial charge in [-0.05, 0) is 67.6 Å². The minimum atomic E-state index is -0.402. The topological polar surface area (TPSA) is 87.7 Å². The minimum absolute atomic E-state index is 0.169. The Balaban J connectivity index is 1.30. The first-order valence-corrected chi connectivity index (χ1v) is 16.6. The summed E-state index contributed by atoms with van der Waals surface area (Å²) in [5.74, 6) is -0.739. The number of anilines is 2. The van der Waals surface area contributed by atoms with Crippen molar-refractivity contribution in [1.29, 1.82) is 0 Å². The molecule has 0 bridgehead atoms. The molecule has 0 saturated heterocycles. The fourth-order valence-electron chi connectivity index (χ4n) is 5.29. The number of thioether (sulfide) groups is 1. The molecule has 228 valence electrons. The lowest BCUT2D eigenvalue weighted by atomic mass is 10.0. The molecule has 0 fully saturated rings. The van der Waals surface area contributed by atoms with Gasteiger partial charge >= 0.3 is 5.97 Å². The summed E-state index contributed by atoms with van der Waals surface area (Å²) in [7, 11) is 0. The number of thiophene rings is 1. The zero-order chi connectivity index (χ0) is 31.1. The lowest BCUT2D eigenvalue weighted by molar-refractivity contribution is -0.115. The molecule has 1 aliphatic rings. The molecule has 0 aliphatic carbocycles. The molecular weight excluding hydrogens is 591 g/mol. The molecule has 3 aromatic carbocycles. The molecule has 4 aromatic rings. The second-order valence-corrected chi connectivity index (χ2v) is 13.1. The van der Waals surface area contributed by atoms with E-state index in [2.05, 4.69) is 27.7 Å². The summed E-state index contributed by atoms with van der Waals surface area (Å²) >= 11 is 2.90. The van der Waals surface area contributed by atoms with E-state index in [0.29, 0.717) is 34.8 Å². The van der Waals surface area contributed by atoms with Gasteiger partial charge in [-0.25, -0.2) is 4.79 Å². The standard InChI is InChI=1S/C35H37N3O4S2/c1-4-29(43-26-16-11-15-25(20-26)36-32(39)27-17-10-9-12-23(27)3)33(40)37-34-31(35(41)42-5-2)28-18-19-38(22-30(28)44-34)21-24-13-7-6-8-14-24/h6-17,20,29H,4-5,18-19,21-22H2,1-3H3,(H,36,39)(H,37,40). The Hall–Kier alpha value is -3.92. The number of hydrogen-bond donors (Lipinski definition) is 2. The molecule has 44 heavy (non-hydrogen) atoms. The summed E-state index contributed by atoms with van der Waals surface area (Å²) in [5, 5.41) is 6.21. The van der Waals surface area contributed by atoms with Crippen LogP contribution in [-0.2, 0) is 29.0 Å². The molecular formula is C35H37N3O4S2. The Bertz CT molecular complexity index is 1640. The number of rotatable bonds is 11. The second kappa shape index (κ2) is 14.7. The van der Waals surface area contributed by atoms with Crippen LogP contribution in [0.4, 0.5) is 10.7 Å². The Morgan fingerprint density at radius 1 is 0.977 bits per heavy atom. The summed E-state index contributed by atoms with van der Waals surface area (Å²) in [6.45, 7) is 8.29. The average Bonchev–Trinajstić information content (AvgIpc) is 3.37. The van der Waals surface area contributed by atoms with E-state index in [1.54, 1.807) is 13.0 Å². The highest BCUT2D eigenvalue weighted by Crippen LogP contribution is 2.39. The van der Waals surface area contributed by atoms with Crippen LogP contribution in [0.2, 0.25) is 0 Å². The molecule has 1 aliphatic heterocycles. The first-order chi connectivity index (χ1) is 21.4. The normalized spacial score (nSPS) is 13.5. The third-order valence-corrected chi connectivity index (χ3v) is 10.0. The van der Waals surface area contributed by atoms with Gasteiger partial charge in [-0.15, -0.1) is 23.1 Å². The molecule has 1 atom stereocenters. The monoisotopic (exact) mass is 627 g/mol. The summed E-state index contributed by atoms with van der Waals surface area (Å²) in [6, 6.07) is 25.3. The molecule has 9 heteroatoms. The number of ether oxygens (including phenoxy) is 1. The van der Waals surface area contributed by atoms with Gasteiger partial charge in [0, 0.05) is 40.7 Å². The number of nitrogens with one attached hydrogen (secondary N) is 2. The fraction of sp³-hybridized carbons (Fsp3) is 0.286. The zero-order valence-electron chi connectivity index (χ0n) is 25.2. The lowest BCUT2D eigenvalue weighted by Gasteiger charge is -2.27. The van der Waals surface area contributed by atoms with Gasteiger partial charge in [0.1, 0.15) is 5.00 Å². The van der Waals surface area contributed by atoms with Crippen molar-refractivity contribution in [2.24, 2.45) is 0 Å². The smallest absolute Gasteiger partial charge is 0.341 e. The van der Waals surface area contributed by atoms with Crippen molar-refractivity contribution >= 4 is 51.6 Å². The van der Waals surface area contributed by atoms with Gasteiger partial charge in [-0.2, -0.15) is 0 Å². The van der Waals surface area contributed by atoms with E-state index >= 15 is 0 Å². The number of fused-ring (bicyclic) bond motifs is 1. The molecule has 5 rings (SSSR count). The van der Waals surface area contributed by atoms with Crippen LogP contribution in [0.15, 0.2) is 83.8 Å². The molecule has 7 nitrogen and oxygen atoms in total. The maximum atomic E-state index is 13.6. The molecule has 0 saturated carbocycles. The van der Waals surface area contributed by atoms with Crippen LogP contribution in [0.25, 0.3) is 0 Å². The van der Waals surface area contributed by atoms with Crippen LogP contribution in [0.3, 0.4) is 0 Å². The van der Waals surface area contributed by atoms with Gasteiger partial charge in [0.05, 0.1) is 17.4 Å². The molecule has 1 unspecified atom stereocenters. The van der Waals surface area contributed by atoms with Crippen molar-refractivity contribution in [3.05, 3.63) is 112 Å². The number of aryl methyl sites for hydroxylation is 1. The Labute approximate surface area is 267 Å². The van der Waals surface area contributed by atoms with E-state index in [9.17, 15) is 14.4 Å². The van der Waals surface area contributed by atoms with Crippen LogP contribution in [0, 0.1) is 6.92 Å². The van der Waals surface area contributed by atoms with Crippen LogP contribution in [0.1, 0.15) is 62.6 Å². The quantitative estimate of drug-likeness (QED) is 0.132. The molecule has 0 radical (unpaired) electrons. The number of benzene rings is 3. The Kier molecular flexibility index (Phi) is 10.5. The van der Waals surface area contributed by atoms with Crippen LogP contribution in [-0.4, -0.2) is 41.1 Å². The van der Waals surface area contributed by atoms with Crippen LogP contribution < -0.4 is 10.6 Å². The predicted octanol–water partition coefficient (Wildman–Crippen LogP) is 7.55. The van der Waals surface area contributed by atoms with Gasteiger partial charge in [0.2, 0.25) is 5.91 Å². The van der Waals surface area contributed by atoms with E-state index in [4.69, 9.17) is 4.74 Å². The predicted molar refractivity (Wildman–Crippen MR) is 179 cm³/mol. The summed E-state index contributed by atoms with van der Waals surface area (Å²) in [5.41, 5.74) is 4.89. The highest BCUT2D eigenvalue weighted by Gasteiger charge is 2.31. The number of carbonyl (C=O) groups is 3. The minimum Gasteiger partial charge on any atom is -0.462 e. The van der Waals surface area contributed by atoms with Crippen molar-refractivity contribution in [3.63, 3.8) is 0 Å². The maximum Gasteiger partial charge on any atom is 0.341 e. The Morgan fingerprint density at radius 2 is 1.75 bits per heavy atom. The molecule has 0 spiro atoms. The maximum absolute atomic E-state index is 13.6. The van der Waals surface area contributed by atoms with Gasteiger partial charge in [0.25, 0.3) is 5.91 Å². The number of carbonyl (C=O) groups excluding carboxylic acids is 3. The van der Waals surface area contributed by atoms with E-state index < -0.39 is 11.2 Å². The number of hydrogen-bond acceptors (Lipinski definition) is 7. The fourth-order valence-corrected chi connectivity index (χ4v) is 7.59. The second-order valence-electron chi connectivity index (χ2n) is 10.7. The van der Waals surface area contributed by atoms with Gasteiger partial charge in [-0.1, -0.05) is 61.5 Å². The Morgan fingerprint density at radius 3 is 2.50 bits per heavy atom. The molecule has 2 N–H and O–H groups in total. The van der Waals surface area contributed by atoms with Crippen molar-refractivity contribution in [2.45, 2.75) is 56.8 Å². The largest absolute Gasteiger partial charge is 0.462 e. The van der Waals surface area contributed by atoms with Gasteiger partial charge < -0.3 is 15.4 Å². The van der Waals surface area contributed by atoms with E-state index in [0.717, 1.165) is 40.4 Å². The molecule has 1 aromatic heterocycles. The van der Waals surface area contributed by atoms with Gasteiger partial charge in [-0.3, -0.25) is 14.5 Å². The van der Waals surface area contributed by atoms with Crippen molar-refractivity contribution in [3.8, 4) is 0 Å². The first-order valence-electron chi connectivity index (χ1n) is 14.9. The van der Waals surface area contributed by atoms with Crippen LogP contribution in [0.5, 0.6) is 0 Å². The highest BCUT2D eigenvalue weighted by atomic mass is 32.2. The van der Waals surface area contributed by atoms with Crippen molar-refractivity contribution < 1.29 is 19.1 Å². The summed E-state index contributed by atoms with van der Waals surface area (Å²) in [6.07, 6.45) is 1.30. The summed E-state index contributed by atoms with van der Waals surface area (Å²) < 4.78 is 5.43. The van der Waals surface area contributed by atoms with Crippen molar-refractivity contribution in [1.82, 2.24) is 4.90 Å². The van der Waals surface area contributed by atoms with E-state index in [-0.39, 0.29) is 18.4 Å². The third-order valence-electron chi connectivity index (χ3n) is 7.52. The van der Waals surface area contributed by atoms with E-state index in [1.807, 2.05) is 74.5 Å². The zero-order valence-corrected chi connectivity index (χ0v) is 26.9. The SMILES string of the molecule is CCOC(=O)c1c(NC(=O)C(CC)Sc2cccc(NC(=O)c3ccccc3C)c2)sc2c1CCN(Cc1ccccc1)C2. The number of amides is 2. The highest BCUT2D eigenvalue weighted by molar-refractivity contribution is 8.00. The number of esters is 1. The molecule has 2 amide bonds. The molecule has 2 heterocycles.